The maximum atomic E-state index is 12.0. The molecule has 1 aromatic carbocycles. The zero-order valence-corrected chi connectivity index (χ0v) is 12.2. The van der Waals surface area contributed by atoms with E-state index in [-0.39, 0.29) is 16.7 Å². The van der Waals surface area contributed by atoms with Crippen molar-refractivity contribution in [2.24, 2.45) is 0 Å². The van der Waals surface area contributed by atoms with Gasteiger partial charge in [-0.05, 0) is 23.8 Å². The summed E-state index contributed by atoms with van der Waals surface area (Å²) >= 11 is 9.26. The quantitative estimate of drug-likeness (QED) is 0.902. The van der Waals surface area contributed by atoms with Gasteiger partial charge in [-0.25, -0.2) is 4.98 Å². The van der Waals surface area contributed by atoms with E-state index in [0.717, 1.165) is 10.0 Å². The lowest BCUT2D eigenvalue weighted by Gasteiger charge is -2.07. The minimum atomic E-state index is -0.276. The number of nitrogens with zero attached hydrogens (tertiary/aromatic N) is 1. The molecule has 19 heavy (non-hydrogen) atoms. The number of nitrogens with one attached hydrogen (secondary N) is 1. The molecule has 98 valence electrons. The zero-order chi connectivity index (χ0) is 13.8. The van der Waals surface area contributed by atoms with Gasteiger partial charge in [0.05, 0.1) is 10.6 Å². The first-order chi connectivity index (χ1) is 9.06. The molecule has 0 bridgehead atoms. The second-order valence-corrected chi connectivity index (χ2v) is 5.22. The summed E-state index contributed by atoms with van der Waals surface area (Å²) in [6.45, 7) is 0.421. The van der Waals surface area contributed by atoms with E-state index in [9.17, 15) is 4.79 Å². The Morgan fingerprint density at radius 1 is 1.37 bits per heavy atom. The Morgan fingerprint density at radius 2 is 2.05 bits per heavy atom. The largest absolute Gasteiger partial charge is 0.384 e. The molecule has 0 saturated heterocycles. The molecular formula is C13H11BrClN3O. The van der Waals surface area contributed by atoms with E-state index in [1.807, 2.05) is 24.3 Å². The van der Waals surface area contributed by atoms with E-state index >= 15 is 0 Å². The highest BCUT2D eigenvalue weighted by atomic mass is 79.9. The number of halogens is 2. The summed E-state index contributed by atoms with van der Waals surface area (Å²) < 4.78 is 0.993. The first kappa shape index (κ1) is 13.8. The molecule has 1 amide bonds. The number of rotatable bonds is 3. The molecule has 0 aliphatic rings. The topological polar surface area (TPSA) is 68.0 Å². The molecule has 0 aliphatic heterocycles. The standard InChI is InChI=1S/C13H11BrClN3O/c14-9-3-1-8(2-4-9)6-18-13(19)10-5-12(16)17-7-11(10)15/h1-5,7H,6H2,(H2,16,17)(H,18,19). The van der Waals surface area contributed by atoms with Gasteiger partial charge in [-0.2, -0.15) is 0 Å². The van der Waals surface area contributed by atoms with Crippen molar-refractivity contribution < 1.29 is 4.79 Å². The predicted molar refractivity (Wildman–Crippen MR) is 79.0 cm³/mol. The Labute approximate surface area is 124 Å². The summed E-state index contributed by atoms with van der Waals surface area (Å²) in [5.41, 5.74) is 6.85. The highest BCUT2D eigenvalue weighted by molar-refractivity contribution is 9.10. The molecule has 0 radical (unpaired) electrons. The summed E-state index contributed by atoms with van der Waals surface area (Å²) in [5, 5.41) is 3.06. The second-order valence-electron chi connectivity index (χ2n) is 3.90. The van der Waals surface area contributed by atoms with Gasteiger partial charge >= 0.3 is 0 Å². The van der Waals surface area contributed by atoms with Crippen LogP contribution in [0.1, 0.15) is 15.9 Å². The summed E-state index contributed by atoms with van der Waals surface area (Å²) in [5.74, 6) is -0.0137. The van der Waals surface area contributed by atoms with Gasteiger partial charge in [-0.3, -0.25) is 4.79 Å². The van der Waals surface area contributed by atoms with Crippen LogP contribution in [0.15, 0.2) is 41.0 Å². The SMILES string of the molecule is Nc1cc(C(=O)NCc2ccc(Br)cc2)c(Cl)cn1. The van der Waals surface area contributed by atoms with Crippen LogP contribution in [0.3, 0.4) is 0 Å². The third-order valence-corrected chi connectivity index (χ3v) is 3.32. The third kappa shape index (κ3) is 3.68. The van der Waals surface area contributed by atoms with Crippen LogP contribution in [0.2, 0.25) is 5.02 Å². The lowest BCUT2D eigenvalue weighted by Crippen LogP contribution is -2.23. The van der Waals surface area contributed by atoms with Crippen LogP contribution in [0.5, 0.6) is 0 Å². The van der Waals surface area contributed by atoms with Crippen LogP contribution < -0.4 is 11.1 Å². The summed E-state index contributed by atoms with van der Waals surface area (Å²) in [7, 11) is 0. The smallest absolute Gasteiger partial charge is 0.253 e. The maximum absolute atomic E-state index is 12.0. The summed E-state index contributed by atoms with van der Waals surface area (Å²) in [4.78, 5) is 15.8. The minimum Gasteiger partial charge on any atom is -0.384 e. The van der Waals surface area contributed by atoms with Gasteiger partial charge < -0.3 is 11.1 Å². The fraction of sp³-hybridized carbons (Fsp3) is 0.0769. The van der Waals surface area contributed by atoms with Gasteiger partial charge in [0.25, 0.3) is 5.91 Å². The van der Waals surface area contributed by atoms with Crippen LogP contribution in [-0.4, -0.2) is 10.9 Å². The van der Waals surface area contributed by atoms with Crippen LogP contribution in [0.4, 0.5) is 5.82 Å². The molecule has 0 spiro atoms. The molecule has 0 aliphatic carbocycles. The molecule has 0 fully saturated rings. The van der Waals surface area contributed by atoms with E-state index in [0.29, 0.717) is 12.1 Å². The van der Waals surface area contributed by atoms with Crippen molar-refractivity contribution >= 4 is 39.3 Å². The van der Waals surface area contributed by atoms with Crippen LogP contribution >= 0.6 is 27.5 Å². The number of amides is 1. The fourth-order valence-corrected chi connectivity index (χ4v) is 1.96. The number of aromatic nitrogens is 1. The number of benzene rings is 1. The Kier molecular flexibility index (Phi) is 4.39. The minimum absolute atomic E-state index is 0.262. The van der Waals surface area contributed by atoms with Crippen LogP contribution in [-0.2, 0) is 6.54 Å². The number of nitrogens with two attached hydrogens (primary N) is 1. The van der Waals surface area contributed by atoms with Gasteiger partial charge in [0.15, 0.2) is 0 Å². The van der Waals surface area contributed by atoms with Gasteiger partial charge in [-0.15, -0.1) is 0 Å². The second kappa shape index (κ2) is 6.04. The molecule has 1 aromatic heterocycles. The first-order valence-corrected chi connectivity index (χ1v) is 6.67. The highest BCUT2D eigenvalue weighted by Crippen LogP contribution is 2.16. The van der Waals surface area contributed by atoms with Crippen molar-refractivity contribution in [3.63, 3.8) is 0 Å². The Bertz CT molecular complexity index is 601. The molecule has 2 rings (SSSR count). The number of pyridine rings is 1. The average molecular weight is 341 g/mol. The number of anilines is 1. The van der Waals surface area contributed by atoms with Gasteiger partial charge in [0, 0.05) is 17.2 Å². The summed E-state index contributed by atoms with van der Waals surface area (Å²) in [6.07, 6.45) is 1.37. The molecule has 3 N–H and O–H groups in total. The molecule has 0 atom stereocenters. The van der Waals surface area contributed by atoms with Crippen molar-refractivity contribution in [2.45, 2.75) is 6.54 Å². The Hall–Kier alpha value is -1.59. The third-order valence-electron chi connectivity index (χ3n) is 2.49. The normalized spacial score (nSPS) is 10.2. The average Bonchev–Trinajstić information content (AvgIpc) is 2.40. The monoisotopic (exact) mass is 339 g/mol. The number of hydrogen-bond acceptors (Lipinski definition) is 3. The van der Waals surface area contributed by atoms with E-state index < -0.39 is 0 Å². The predicted octanol–water partition coefficient (Wildman–Crippen LogP) is 3.01. The lowest BCUT2D eigenvalue weighted by molar-refractivity contribution is 0.0951. The van der Waals surface area contributed by atoms with E-state index in [1.54, 1.807) is 0 Å². The highest BCUT2D eigenvalue weighted by Gasteiger charge is 2.11. The van der Waals surface area contributed by atoms with E-state index in [4.69, 9.17) is 17.3 Å². The molecule has 6 heteroatoms. The summed E-state index contributed by atoms with van der Waals surface area (Å²) in [6, 6.07) is 9.14. The molecular weight excluding hydrogens is 330 g/mol. The molecule has 0 unspecified atom stereocenters. The number of nitrogen functional groups attached to an aromatic ring is 1. The molecule has 4 nitrogen and oxygen atoms in total. The Morgan fingerprint density at radius 3 is 2.74 bits per heavy atom. The van der Waals surface area contributed by atoms with E-state index in [1.165, 1.54) is 12.3 Å². The number of carbonyl (C=O) groups is 1. The Balaban J connectivity index is 2.05. The zero-order valence-electron chi connectivity index (χ0n) is 9.86. The van der Waals surface area contributed by atoms with Crippen molar-refractivity contribution in [1.29, 1.82) is 0 Å². The van der Waals surface area contributed by atoms with Crippen molar-refractivity contribution in [3.05, 3.63) is 57.2 Å². The fourth-order valence-electron chi connectivity index (χ4n) is 1.51. The number of hydrogen-bond donors (Lipinski definition) is 2. The van der Waals surface area contributed by atoms with Gasteiger partial charge in [0.1, 0.15) is 5.82 Å². The van der Waals surface area contributed by atoms with Crippen molar-refractivity contribution in [3.8, 4) is 0 Å². The van der Waals surface area contributed by atoms with Gasteiger partial charge in [-0.1, -0.05) is 39.7 Å². The molecule has 2 aromatic rings. The number of carbonyl (C=O) groups excluding carboxylic acids is 1. The van der Waals surface area contributed by atoms with E-state index in [2.05, 4.69) is 26.2 Å². The van der Waals surface area contributed by atoms with Crippen LogP contribution in [0, 0.1) is 0 Å². The van der Waals surface area contributed by atoms with Crippen LogP contribution in [0.25, 0.3) is 0 Å². The lowest BCUT2D eigenvalue weighted by atomic mass is 10.2. The first-order valence-electron chi connectivity index (χ1n) is 5.50. The molecule has 0 saturated carbocycles. The maximum Gasteiger partial charge on any atom is 0.253 e. The van der Waals surface area contributed by atoms with Gasteiger partial charge in [0.2, 0.25) is 0 Å². The molecule has 1 heterocycles. The van der Waals surface area contributed by atoms with Crippen molar-refractivity contribution in [1.82, 2.24) is 10.3 Å². The van der Waals surface area contributed by atoms with Crippen molar-refractivity contribution in [2.75, 3.05) is 5.73 Å².